The summed E-state index contributed by atoms with van der Waals surface area (Å²) in [5.41, 5.74) is 2.45. The highest BCUT2D eigenvalue weighted by atomic mass is 32.1. The van der Waals surface area contributed by atoms with Gasteiger partial charge in [-0.1, -0.05) is 0 Å². The van der Waals surface area contributed by atoms with Crippen LogP contribution in [-0.2, 0) is 17.4 Å². The largest absolute Gasteiger partial charge is 0.367 e. The molecule has 1 unspecified atom stereocenters. The molecule has 0 radical (unpaired) electrons. The Hall–Kier alpha value is -2.25. The second-order valence-corrected chi connectivity index (χ2v) is 7.26. The number of hydrogen-bond acceptors (Lipinski definition) is 5. The van der Waals surface area contributed by atoms with Gasteiger partial charge in [0.1, 0.15) is 11.4 Å². The average molecular weight is 358 g/mol. The van der Waals surface area contributed by atoms with Crippen LogP contribution in [0.25, 0.3) is 11.3 Å². The predicted octanol–water partition coefficient (Wildman–Crippen LogP) is 3.43. The van der Waals surface area contributed by atoms with E-state index in [1.165, 1.54) is 12.1 Å². The maximum atomic E-state index is 13.1. The topological polar surface area (TPSA) is 43.2 Å². The molecule has 1 aliphatic rings. The van der Waals surface area contributed by atoms with Gasteiger partial charge < -0.3 is 9.64 Å². The highest BCUT2D eigenvalue weighted by Crippen LogP contribution is 2.34. The van der Waals surface area contributed by atoms with Crippen LogP contribution in [0.4, 0.5) is 9.52 Å². The van der Waals surface area contributed by atoms with Gasteiger partial charge in [-0.15, -0.1) is 11.3 Å². The van der Waals surface area contributed by atoms with Gasteiger partial charge in [0.05, 0.1) is 25.0 Å². The van der Waals surface area contributed by atoms with E-state index in [9.17, 15) is 4.39 Å². The molecule has 0 saturated carbocycles. The van der Waals surface area contributed by atoms with E-state index in [0.29, 0.717) is 6.61 Å². The van der Waals surface area contributed by atoms with Crippen molar-refractivity contribution in [2.24, 2.45) is 7.05 Å². The Kier molecular flexibility index (Phi) is 4.05. The standard InChI is InChI=1S/C18H19FN4OS/c1-18(14-9-20-22(2)10-14)12-23(7-8-24-18)17-21-16(11-25-17)13-3-5-15(19)6-4-13/h3-6,9-11H,7-8,12H2,1-2H3. The lowest BCUT2D eigenvalue weighted by molar-refractivity contribution is -0.0466. The lowest BCUT2D eigenvalue weighted by Gasteiger charge is -2.40. The third-order valence-corrected chi connectivity index (χ3v) is 5.39. The molecule has 5 nitrogen and oxygen atoms in total. The van der Waals surface area contributed by atoms with Gasteiger partial charge in [0, 0.05) is 36.3 Å². The molecule has 1 aliphatic heterocycles. The normalized spacial score (nSPS) is 20.8. The van der Waals surface area contributed by atoms with Gasteiger partial charge in [-0.3, -0.25) is 4.68 Å². The zero-order valence-electron chi connectivity index (χ0n) is 14.1. The van der Waals surface area contributed by atoms with Crippen LogP contribution in [0.1, 0.15) is 12.5 Å². The molecule has 0 N–H and O–H groups in total. The summed E-state index contributed by atoms with van der Waals surface area (Å²) in [6, 6.07) is 6.44. The fraction of sp³-hybridized carbons (Fsp3) is 0.333. The molecule has 25 heavy (non-hydrogen) atoms. The van der Waals surface area contributed by atoms with Crippen molar-refractivity contribution in [3.63, 3.8) is 0 Å². The summed E-state index contributed by atoms with van der Waals surface area (Å²) in [5, 5.41) is 7.23. The summed E-state index contributed by atoms with van der Waals surface area (Å²) in [6.45, 7) is 4.24. The highest BCUT2D eigenvalue weighted by molar-refractivity contribution is 7.14. The molecule has 1 saturated heterocycles. The van der Waals surface area contributed by atoms with E-state index in [1.54, 1.807) is 28.2 Å². The Morgan fingerprint density at radius 1 is 1.28 bits per heavy atom. The predicted molar refractivity (Wildman–Crippen MR) is 96.2 cm³/mol. The van der Waals surface area contributed by atoms with Crippen LogP contribution in [-0.4, -0.2) is 34.5 Å². The summed E-state index contributed by atoms with van der Waals surface area (Å²) >= 11 is 1.60. The fourth-order valence-corrected chi connectivity index (χ4v) is 3.93. The first kappa shape index (κ1) is 16.2. The minimum absolute atomic E-state index is 0.236. The number of ether oxygens (including phenoxy) is 1. The molecule has 0 aliphatic carbocycles. The highest BCUT2D eigenvalue weighted by Gasteiger charge is 2.36. The monoisotopic (exact) mass is 358 g/mol. The van der Waals surface area contributed by atoms with Gasteiger partial charge in [-0.05, 0) is 31.2 Å². The number of aryl methyl sites for hydroxylation is 1. The van der Waals surface area contributed by atoms with E-state index in [1.807, 2.05) is 24.8 Å². The molecule has 130 valence electrons. The lowest BCUT2D eigenvalue weighted by atomic mass is 9.97. The number of rotatable bonds is 3. The molecular weight excluding hydrogens is 339 g/mol. The van der Waals surface area contributed by atoms with Crippen LogP contribution in [0.2, 0.25) is 0 Å². The molecule has 0 spiro atoms. The average Bonchev–Trinajstić information content (AvgIpc) is 3.25. The maximum Gasteiger partial charge on any atom is 0.186 e. The number of aromatic nitrogens is 3. The minimum atomic E-state index is -0.409. The summed E-state index contributed by atoms with van der Waals surface area (Å²) in [4.78, 5) is 6.99. The molecule has 1 aromatic carbocycles. The number of halogens is 1. The van der Waals surface area contributed by atoms with E-state index >= 15 is 0 Å². The van der Waals surface area contributed by atoms with Gasteiger partial charge >= 0.3 is 0 Å². The molecule has 3 heterocycles. The van der Waals surface area contributed by atoms with E-state index < -0.39 is 5.60 Å². The van der Waals surface area contributed by atoms with Gasteiger partial charge in [0.25, 0.3) is 0 Å². The zero-order chi connectivity index (χ0) is 17.4. The lowest BCUT2D eigenvalue weighted by Crippen LogP contribution is -2.48. The molecule has 1 atom stereocenters. The van der Waals surface area contributed by atoms with Crippen molar-refractivity contribution in [3.8, 4) is 11.3 Å². The van der Waals surface area contributed by atoms with Crippen molar-refractivity contribution < 1.29 is 9.13 Å². The van der Waals surface area contributed by atoms with Crippen LogP contribution < -0.4 is 4.90 Å². The number of hydrogen-bond donors (Lipinski definition) is 0. The van der Waals surface area contributed by atoms with Crippen LogP contribution >= 0.6 is 11.3 Å². The van der Waals surface area contributed by atoms with Crippen LogP contribution in [0.15, 0.2) is 42.0 Å². The molecule has 0 bridgehead atoms. The molecule has 2 aromatic heterocycles. The quantitative estimate of drug-likeness (QED) is 0.719. The number of benzene rings is 1. The van der Waals surface area contributed by atoms with Crippen molar-refractivity contribution >= 4 is 16.5 Å². The van der Waals surface area contributed by atoms with Crippen molar-refractivity contribution in [1.29, 1.82) is 0 Å². The number of morpholine rings is 1. The van der Waals surface area contributed by atoms with E-state index in [-0.39, 0.29) is 5.82 Å². The Balaban J connectivity index is 1.57. The van der Waals surface area contributed by atoms with Crippen LogP contribution in [0, 0.1) is 5.82 Å². The van der Waals surface area contributed by atoms with E-state index in [4.69, 9.17) is 9.72 Å². The minimum Gasteiger partial charge on any atom is -0.367 e. The van der Waals surface area contributed by atoms with Crippen LogP contribution in [0.5, 0.6) is 0 Å². The van der Waals surface area contributed by atoms with Gasteiger partial charge in [0.15, 0.2) is 5.13 Å². The summed E-state index contributed by atoms with van der Waals surface area (Å²) in [7, 11) is 1.91. The fourth-order valence-electron chi connectivity index (χ4n) is 3.06. The van der Waals surface area contributed by atoms with Crippen molar-refractivity contribution in [1.82, 2.24) is 14.8 Å². The first-order valence-electron chi connectivity index (χ1n) is 8.13. The number of nitrogens with zero attached hydrogens (tertiary/aromatic N) is 4. The zero-order valence-corrected chi connectivity index (χ0v) is 15.0. The van der Waals surface area contributed by atoms with E-state index in [0.717, 1.165) is 35.0 Å². The summed E-state index contributed by atoms with van der Waals surface area (Å²) in [6.07, 6.45) is 3.85. The Labute approximate surface area is 149 Å². The van der Waals surface area contributed by atoms with Gasteiger partial charge in [-0.25, -0.2) is 9.37 Å². The van der Waals surface area contributed by atoms with Crippen molar-refractivity contribution in [2.75, 3.05) is 24.6 Å². The Morgan fingerprint density at radius 3 is 2.80 bits per heavy atom. The van der Waals surface area contributed by atoms with Crippen molar-refractivity contribution in [2.45, 2.75) is 12.5 Å². The summed E-state index contributed by atoms with van der Waals surface area (Å²) < 4.78 is 21.0. The Bertz CT molecular complexity index is 875. The molecule has 0 amide bonds. The SMILES string of the molecule is Cn1cc(C2(C)CN(c3nc(-c4ccc(F)cc4)cs3)CCO2)cn1. The third-order valence-electron chi connectivity index (χ3n) is 4.49. The second kappa shape index (κ2) is 6.24. The van der Waals surface area contributed by atoms with Gasteiger partial charge in [-0.2, -0.15) is 5.10 Å². The second-order valence-electron chi connectivity index (χ2n) is 6.43. The Morgan fingerprint density at radius 2 is 2.08 bits per heavy atom. The molecule has 3 aromatic rings. The first-order valence-corrected chi connectivity index (χ1v) is 9.01. The van der Waals surface area contributed by atoms with E-state index in [2.05, 4.69) is 16.9 Å². The number of anilines is 1. The molecule has 7 heteroatoms. The smallest absolute Gasteiger partial charge is 0.186 e. The molecule has 1 fully saturated rings. The third kappa shape index (κ3) is 3.17. The van der Waals surface area contributed by atoms with Crippen LogP contribution in [0.3, 0.4) is 0 Å². The maximum absolute atomic E-state index is 13.1. The molecule has 4 rings (SSSR count). The molecular formula is C18H19FN4OS. The van der Waals surface area contributed by atoms with Crippen molar-refractivity contribution in [3.05, 3.63) is 53.4 Å². The van der Waals surface area contributed by atoms with Gasteiger partial charge in [0.2, 0.25) is 0 Å². The summed E-state index contributed by atoms with van der Waals surface area (Å²) in [5.74, 6) is -0.236. The first-order chi connectivity index (χ1) is 12.0. The number of thiazole rings is 1.